The molecule has 1 fully saturated rings. The second-order valence-corrected chi connectivity index (χ2v) is 8.46. The van der Waals surface area contributed by atoms with Crippen molar-refractivity contribution >= 4 is 19.9 Å². The molecule has 1 heterocycles. The van der Waals surface area contributed by atoms with Gasteiger partial charge in [0, 0.05) is 6.04 Å². The molecule has 0 unspecified atom stereocenters. The van der Waals surface area contributed by atoms with Gasteiger partial charge in [-0.25, -0.2) is 25.9 Å². The second-order valence-electron chi connectivity index (χ2n) is 4.48. The summed E-state index contributed by atoms with van der Waals surface area (Å²) in [6, 6.07) is 4.62. The zero-order chi connectivity index (χ0) is 14.1. The van der Waals surface area contributed by atoms with Crippen LogP contribution in [0.4, 0.5) is 4.39 Å². The van der Waals surface area contributed by atoms with Crippen LogP contribution in [0.3, 0.4) is 0 Å². The molecule has 1 saturated heterocycles. The minimum atomic E-state index is -3.95. The number of rotatable bonds is 3. The van der Waals surface area contributed by atoms with Crippen LogP contribution in [0.1, 0.15) is 12.8 Å². The molecule has 0 bridgehead atoms. The van der Waals surface area contributed by atoms with Gasteiger partial charge in [0.25, 0.3) is 0 Å². The third-order valence-electron chi connectivity index (χ3n) is 3.00. The van der Waals surface area contributed by atoms with Gasteiger partial charge in [-0.1, -0.05) is 12.1 Å². The Balaban J connectivity index is 2.13. The highest BCUT2D eigenvalue weighted by Gasteiger charge is 2.28. The smallest absolute Gasteiger partial charge is 0.229 e. The molecular weight excluding hydrogens is 293 g/mol. The third-order valence-corrected chi connectivity index (χ3v) is 6.27. The van der Waals surface area contributed by atoms with E-state index >= 15 is 0 Å². The first kappa shape index (κ1) is 14.4. The zero-order valence-electron chi connectivity index (χ0n) is 10.0. The van der Waals surface area contributed by atoms with Crippen LogP contribution in [-0.2, 0) is 19.9 Å². The molecule has 5 nitrogen and oxygen atoms in total. The lowest BCUT2D eigenvalue weighted by atomic mass is 10.2. The molecule has 19 heavy (non-hydrogen) atoms. The molecule has 0 amide bonds. The molecule has 0 saturated carbocycles. The number of sulfonamides is 1. The Hall–Kier alpha value is -0.990. The normalized spacial score (nSPS) is 20.3. The van der Waals surface area contributed by atoms with E-state index < -0.39 is 36.6 Å². The fourth-order valence-electron chi connectivity index (χ4n) is 1.95. The molecule has 1 aromatic rings. The lowest BCUT2D eigenvalue weighted by Gasteiger charge is -2.22. The van der Waals surface area contributed by atoms with E-state index in [1.54, 1.807) is 0 Å². The average molecular weight is 307 g/mol. The highest BCUT2D eigenvalue weighted by atomic mass is 32.2. The highest BCUT2D eigenvalue weighted by Crippen LogP contribution is 2.18. The lowest BCUT2D eigenvalue weighted by molar-refractivity contribution is 0.500. The van der Waals surface area contributed by atoms with Crippen molar-refractivity contribution < 1.29 is 21.2 Å². The van der Waals surface area contributed by atoms with Gasteiger partial charge in [-0.2, -0.15) is 0 Å². The van der Waals surface area contributed by atoms with Crippen LogP contribution < -0.4 is 4.72 Å². The zero-order valence-corrected chi connectivity index (χ0v) is 11.7. The number of halogens is 1. The minimum Gasteiger partial charge on any atom is -0.229 e. The van der Waals surface area contributed by atoms with Gasteiger partial charge in [-0.05, 0) is 25.0 Å². The fraction of sp³-hybridized carbons (Fsp3) is 0.455. The molecule has 0 radical (unpaired) electrons. The van der Waals surface area contributed by atoms with Gasteiger partial charge < -0.3 is 0 Å². The summed E-state index contributed by atoms with van der Waals surface area (Å²) in [6.07, 6.45) is 0.437. The molecule has 8 heteroatoms. The second kappa shape index (κ2) is 5.18. The van der Waals surface area contributed by atoms with Gasteiger partial charge in [0.1, 0.15) is 20.5 Å². The summed E-state index contributed by atoms with van der Waals surface area (Å²) in [6.45, 7) is 0. The van der Waals surface area contributed by atoms with Crippen molar-refractivity contribution in [3.63, 3.8) is 0 Å². The van der Waals surface area contributed by atoms with Gasteiger partial charge in [0.2, 0.25) is 10.0 Å². The predicted molar refractivity (Wildman–Crippen MR) is 68.4 cm³/mol. The van der Waals surface area contributed by atoms with Gasteiger partial charge in [0.05, 0.1) is 11.5 Å². The van der Waals surface area contributed by atoms with Gasteiger partial charge in [-0.15, -0.1) is 0 Å². The largest absolute Gasteiger partial charge is 0.243 e. The van der Waals surface area contributed by atoms with Crippen LogP contribution in [-0.4, -0.2) is 34.4 Å². The van der Waals surface area contributed by atoms with Crippen molar-refractivity contribution in [3.05, 3.63) is 30.1 Å². The van der Waals surface area contributed by atoms with Crippen molar-refractivity contribution in [2.75, 3.05) is 11.5 Å². The van der Waals surface area contributed by atoms with Gasteiger partial charge in [0.15, 0.2) is 0 Å². The molecule has 1 aliphatic heterocycles. The van der Waals surface area contributed by atoms with E-state index in [9.17, 15) is 21.2 Å². The summed E-state index contributed by atoms with van der Waals surface area (Å²) in [5.74, 6) is -0.909. The van der Waals surface area contributed by atoms with Crippen LogP contribution in [0.5, 0.6) is 0 Å². The Labute approximate surface area is 111 Å². The average Bonchev–Trinajstić information content (AvgIpc) is 2.32. The lowest BCUT2D eigenvalue weighted by Crippen LogP contribution is -2.41. The summed E-state index contributed by atoms with van der Waals surface area (Å²) < 4.78 is 62.3. The summed E-state index contributed by atoms with van der Waals surface area (Å²) >= 11 is 0. The van der Waals surface area contributed by atoms with E-state index in [0.29, 0.717) is 0 Å². The Morgan fingerprint density at radius 3 is 2.32 bits per heavy atom. The Morgan fingerprint density at radius 1 is 1.16 bits per heavy atom. The van der Waals surface area contributed by atoms with E-state index in [4.69, 9.17) is 0 Å². The monoisotopic (exact) mass is 307 g/mol. The highest BCUT2D eigenvalue weighted by molar-refractivity contribution is 7.91. The van der Waals surface area contributed by atoms with Crippen molar-refractivity contribution in [1.29, 1.82) is 0 Å². The molecule has 1 aromatic carbocycles. The molecule has 0 atom stereocenters. The van der Waals surface area contributed by atoms with E-state index in [1.165, 1.54) is 18.2 Å². The minimum absolute atomic E-state index is 0.0442. The van der Waals surface area contributed by atoms with Crippen molar-refractivity contribution in [3.8, 4) is 0 Å². The Kier molecular flexibility index (Phi) is 3.93. The maximum Gasteiger partial charge on any atom is 0.243 e. The van der Waals surface area contributed by atoms with E-state index in [2.05, 4.69) is 4.72 Å². The van der Waals surface area contributed by atoms with Crippen LogP contribution in [0.15, 0.2) is 29.2 Å². The molecule has 0 spiro atoms. The van der Waals surface area contributed by atoms with Crippen molar-refractivity contribution in [1.82, 2.24) is 4.72 Å². The van der Waals surface area contributed by atoms with Crippen LogP contribution in [0, 0.1) is 5.82 Å². The van der Waals surface area contributed by atoms with Crippen LogP contribution in [0.25, 0.3) is 0 Å². The quantitative estimate of drug-likeness (QED) is 0.890. The number of benzene rings is 1. The van der Waals surface area contributed by atoms with Crippen LogP contribution >= 0.6 is 0 Å². The van der Waals surface area contributed by atoms with Gasteiger partial charge >= 0.3 is 0 Å². The first-order chi connectivity index (χ1) is 8.80. The number of sulfone groups is 1. The number of hydrogen-bond acceptors (Lipinski definition) is 4. The first-order valence-corrected chi connectivity index (χ1v) is 9.08. The Morgan fingerprint density at radius 2 is 1.74 bits per heavy atom. The van der Waals surface area contributed by atoms with E-state index in [0.717, 1.165) is 6.07 Å². The molecule has 2 rings (SSSR count). The molecular formula is C11H14FNO4S2. The maximum absolute atomic E-state index is 13.4. The van der Waals surface area contributed by atoms with E-state index in [1.807, 2.05) is 0 Å². The fourth-order valence-corrected chi connectivity index (χ4v) is 4.83. The molecule has 1 aliphatic rings. The van der Waals surface area contributed by atoms with Crippen molar-refractivity contribution in [2.45, 2.75) is 23.8 Å². The first-order valence-electron chi connectivity index (χ1n) is 5.77. The Bertz CT molecular complexity index is 656. The van der Waals surface area contributed by atoms with Crippen molar-refractivity contribution in [2.24, 2.45) is 0 Å². The predicted octanol–water partition coefficient (Wildman–Crippen LogP) is 0.681. The molecule has 106 valence electrons. The number of nitrogens with one attached hydrogen (secondary N) is 1. The maximum atomic E-state index is 13.4. The van der Waals surface area contributed by atoms with Gasteiger partial charge in [-0.3, -0.25) is 0 Å². The SMILES string of the molecule is O=S1(=O)CCC(NS(=O)(=O)c2ccccc2F)CC1. The summed E-state index contributed by atoms with van der Waals surface area (Å²) in [5, 5.41) is 0. The topological polar surface area (TPSA) is 80.3 Å². The summed E-state index contributed by atoms with van der Waals surface area (Å²) in [7, 11) is -7.00. The molecule has 0 aromatic heterocycles. The summed E-state index contributed by atoms with van der Waals surface area (Å²) in [5.41, 5.74) is 0. The van der Waals surface area contributed by atoms with Crippen LogP contribution in [0.2, 0.25) is 0 Å². The van der Waals surface area contributed by atoms with E-state index in [-0.39, 0.29) is 24.3 Å². The number of hydrogen-bond donors (Lipinski definition) is 1. The third kappa shape index (κ3) is 3.52. The molecule has 0 aliphatic carbocycles. The summed E-state index contributed by atoms with van der Waals surface area (Å²) in [4.78, 5) is -0.413. The molecule has 1 N–H and O–H groups in total. The standard InChI is InChI=1S/C11H14FNO4S2/c12-10-3-1-2-4-11(10)19(16,17)13-9-5-7-18(14,15)8-6-9/h1-4,9,13H,5-8H2.